The van der Waals surface area contributed by atoms with Crippen molar-refractivity contribution in [3.05, 3.63) is 29.8 Å². The lowest BCUT2D eigenvalue weighted by Crippen LogP contribution is -2.61. The van der Waals surface area contributed by atoms with Crippen molar-refractivity contribution in [3.63, 3.8) is 0 Å². The molecule has 2 aliphatic heterocycles. The third-order valence-electron chi connectivity index (χ3n) is 11.8. The topological polar surface area (TPSA) is 374 Å². The molecule has 2 saturated heterocycles. The zero-order valence-electron chi connectivity index (χ0n) is 39.2. The molecule has 3 rings (SSSR count). The first-order valence-electron chi connectivity index (χ1n) is 23.1. The first kappa shape index (κ1) is 55.5. The summed E-state index contributed by atoms with van der Waals surface area (Å²) in [6, 6.07) is -3.28. The smallest absolute Gasteiger partial charge is 0.245 e. The molecule has 0 spiro atoms. The van der Waals surface area contributed by atoms with E-state index in [0.29, 0.717) is 24.8 Å². The molecule has 1 aromatic rings. The van der Waals surface area contributed by atoms with Gasteiger partial charge in [0, 0.05) is 25.8 Å². The number of benzene rings is 1. The molecule has 0 aromatic heterocycles. The largest absolute Gasteiger partial charge is 0.508 e. The molecule has 14 N–H and O–H groups in total. The Labute approximate surface area is 395 Å². The fourth-order valence-electron chi connectivity index (χ4n) is 7.91. The van der Waals surface area contributed by atoms with Crippen LogP contribution in [-0.4, -0.2) is 130 Å². The molecule has 68 heavy (non-hydrogen) atoms. The molecule has 1 aromatic carbocycles. The molecule has 8 unspecified atom stereocenters. The maximum Gasteiger partial charge on any atom is 0.245 e. The predicted octanol–water partition coefficient (Wildman–Crippen LogP) is -2.37. The predicted molar refractivity (Wildman–Crippen MR) is 245 cm³/mol. The van der Waals surface area contributed by atoms with Gasteiger partial charge in [0.05, 0.1) is 13.0 Å². The Morgan fingerprint density at radius 1 is 0.750 bits per heavy atom. The number of likely N-dealkylation sites (tertiary alicyclic amines) is 1. The monoisotopic (exact) mass is 956 g/mol. The van der Waals surface area contributed by atoms with Gasteiger partial charge >= 0.3 is 0 Å². The summed E-state index contributed by atoms with van der Waals surface area (Å²) in [6.45, 7) is 6.72. The van der Waals surface area contributed by atoms with Gasteiger partial charge in [-0.3, -0.25) is 52.7 Å². The lowest BCUT2D eigenvalue weighted by Gasteiger charge is -2.31. The second-order valence-electron chi connectivity index (χ2n) is 17.9. The van der Waals surface area contributed by atoms with Crippen LogP contribution in [0.3, 0.4) is 0 Å². The number of carbonyl (C=O) groups is 11. The number of hydrogen-bond donors (Lipinski definition) is 11. The third-order valence-corrected chi connectivity index (χ3v) is 11.8. The number of rotatable bonds is 17. The molecular weight excluding hydrogens is 887 g/mol. The van der Waals surface area contributed by atoms with Crippen LogP contribution in [0.2, 0.25) is 0 Å². The molecule has 11 amide bonds. The van der Waals surface area contributed by atoms with Crippen molar-refractivity contribution >= 4 is 65.0 Å². The molecule has 0 aliphatic carbocycles. The number of phenols is 1. The Morgan fingerprint density at radius 3 is 2.01 bits per heavy atom. The molecule has 0 radical (unpaired) electrons. The third kappa shape index (κ3) is 18.1. The zero-order valence-corrected chi connectivity index (χ0v) is 39.2. The van der Waals surface area contributed by atoms with E-state index >= 15 is 0 Å². The molecule has 23 heteroatoms. The van der Waals surface area contributed by atoms with E-state index in [1.54, 1.807) is 26.0 Å². The van der Waals surface area contributed by atoms with E-state index in [-0.39, 0.29) is 69.6 Å². The van der Waals surface area contributed by atoms with Gasteiger partial charge in [-0.05, 0) is 68.1 Å². The SMILES string of the molecule is CCC(C)C1NC(=O)C(Cc2ccc(O)cc2)NC(=O)CCCCCC(C(=O)N2CCCC2C(=O)NC(CC(C)C)C(=O)NCC(N)=O)NC(=O)C(CC(N)=O)NC(=O)C(CCC(N)=O)NC1=O. The Kier molecular flexibility index (Phi) is 22.1. The number of primary amides is 3. The van der Waals surface area contributed by atoms with Crippen LogP contribution in [0.1, 0.15) is 110 Å². The highest BCUT2D eigenvalue weighted by Crippen LogP contribution is 2.22. The highest BCUT2D eigenvalue weighted by Gasteiger charge is 2.40. The fraction of sp³-hybridized carbons (Fsp3) is 0.622. The number of nitrogens with zero attached hydrogens (tertiary/aromatic N) is 1. The number of nitrogens with one attached hydrogen (secondary N) is 7. The highest BCUT2D eigenvalue weighted by atomic mass is 16.3. The second kappa shape index (κ2) is 27.1. The van der Waals surface area contributed by atoms with Crippen molar-refractivity contribution in [1.29, 1.82) is 0 Å². The lowest BCUT2D eigenvalue weighted by molar-refractivity contribution is -0.143. The highest BCUT2D eigenvalue weighted by molar-refractivity contribution is 5.99. The average Bonchev–Trinajstić information content (AvgIpc) is 3.77. The Bertz CT molecular complexity index is 2000. The summed E-state index contributed by atoms with van der Waals surface area (Å²) in [4.78, 5) is 148. The molecule has 8 atom stereocenters. The summed E-state index contributed by atoms with van der Waals surface area (Å²) in [5.41, 5.74) is 16.7. The van der Waals surface area contributed by atoms with Crippen molar-refractivity contribution in [2.24, 2.45) is 29.0 Å². The minimum absolute atomic E-state index is 0.0204. The summed E-state index contributed by atoms with van der Waals surface area (Å²) in [5.74, 6) is -9.40. The van der Waals surface area contributed by atoms with Crippen LogP contribution in [0, 0.1) is 11.8 Å². The molecular formula is C45H69N11O12. The summed E-state index contributed by atoms with van der Waals surface area (Å²) >= 11 is 0. The van der Waals surface area contributed by atoms with Crippen LogP contribution in [0.25, 0.3) is 0 Å². The van der Waals surface area contributed by atoms with Gasteiger partial charge in [0.25, 0.3) is 0 Å². The van der Waals surface area contributed by atoms with E-state index in [1.165, 1.54) is 17.0 Å². The van der Waals surface area contributed by atoms with Gasteiger partial charge in [-0.15, -0.1) is 0 Å². The first-order valence-corrected chi connectivity index (χ1v) is 23.1. The second-order valence-corrected chi connectivity index (χ2v) is 17.9. The molecule has 23 nitrogen and oxygen atoms in total. The van der Waals surface area contributed by atoms with Crippen LogP contribution in [0.4, 0.5) is 0 Å². The van der Waals surface area contributed by atoms with Crippen LogP contribution < -0.4 is 54.4 Å². The lowest BCUT2D eigenvalue weighted by atomic mass is 9.96. The summed E-state index contributed by atoms with van der Waals surface area (Å²) in [6.07, 6.45) is 0.302. The van der Waals surface area contributed by atoms with Gasteiger partial charge in [0.1, 0.15) is 48.0 Å². The molecule has 0 saturated carbocycles. The van der Waals surface area contributed by atoms with Gasteiger partial charge in [0.15, 0.2) is 0 Å². The Hall–Kier alpha value is -6.81. The van der Waals surface area contributed by atoms with Crippen LogP contribution >= 0.6 is 0 Å². The van der Waals surface area contributed by atoms with Crippen molar-refractivity contribution < 1.29 is 57.8 Å². The maximum atomic E-state index is 14.5. The van der Waals surface area contributed by atoms with E-state index in [0.717, 1.165) is 0 Å². The van der Waals surface area contributed by atoms with Crippen molar-refractivity contribution in [1.82, 2.24) is 42.1 Å². The molecule has 2 fully saturated rings. The first-order chi connectivity index (χ1) is 32.1. The van der Waals surface area contributed by atoms with E-state index in [2.05, 4.69) is 37.2 Å². The number of amides is 11. The Morgan fingerprint density at radius 2 is 1.40 bits per heavy atom. The zero-order chi connectivity index (χ0) is 50.7. The van der Waals surface area contributed by atoms with Gasteiger partial charge in [-0.1, -0.05) is 59.1 Å². The molecule has 0 bridgehead atoms. The number of phenolic OH excluding ortho intramolecular Hbond substituents is 1. The average molecular weight is 956 g/mol. The van der Waals surface area contributed by atoms with Gasteiger partial charge in [0.2, 0.25) is 65.0 Å². The van der Waals surface area contributed by atoms with Gasteiger partial charge in [-0.2, -0.15) is 0 Å². The van der Waals surface area contributed by atoms with Gasteiger partial charge in [-0.25, -0.2) is 0 Å². The van der Waals surface area contributed by atoms with Crippen LogP contribution in [-0.2, 0) is 59.2 Å². The number of carbonyl (C=O) groups excluding carboxylic acids is 11. The minimum Gasteiger partial charge on any atom is -0.508 e. The summed E-state index contributed by atoms with van der Waals surface area (Å²) in [7, 11) is 0. The standard InChI is InChI=1S/C45H69N11O12/c1-5-25(4)38-44(67)51-28(17-18-34(46)58)40(63)53-32(22-35(47)59)41(64)52-29(10-7-6-8-12-37(61)50-31(42(65)55-38)21-26-13-15-27(57)16-14-26)45(68)56-19-9-11-33(56)43(66)54-30(20-24(2)3)39(62)49-23-36(48)60/h13-16,24-25,28-33,38,57H,5-12,17-23H2,1-4H3,(H2,46,58)(H2,47,59)(H2,48,60)(H,49,62)(H,50,61)(H,51,67)(H,52,64)(H,53,63)(H,54,66)(H,55,65). The van der Waals surface area contributed by atoms with Gasteiger partial charge < -0.3 is 64.4 Å². The molecule has 2 heterocycles. The van der Waals surface area contributed by atoms with Crippen molar-refractivity contribution in [2.45, 2.75) is 153 Å². The number of hydrogen-bond acceptors (Lipinski definition) is 12. The van der Waals surface area contributed by atoms with E-state index < -0.39 is 133 Å². The van der Waals surface area contributed by atoms with Crippen LogP contribution in [0.5, 0.6) is 5.75 Å². The van der Waals surface area contributed by atoms with E-state index in [4.69, 9.17) is 17.2 Å². The summed E-state index contributed by atoms with van der Waals surface area (Å²) in [5, 5.41) is 27.9. The van der Waals surface area contributed by atoms with Crippen LogP contribution in [0.15, 0.2) is 24.3 Å². The fourth-order valence-corrected chi connectivity index (χ4v) is 7.91. The quantitative estimate of drug-likeness (QED) is 0.0781. The Balaban J connectivity index is 2.02. The number of aromatic hydroxyl groups is 1. The molecule has 2 aliphatic rings. The maximum absolute atomic E-state index is 14.5. The van der Waals surface area contributed by atoms with E-state index in [9.17, 15) is 57.8 Å². The van der Waals surface area contributed by atoms with Crippen molar-refractivity contribution in [2.75, 3.05) is 13.1 Å². The summed E-state index contributed by atoms with van der Waals surface area (Å²) < 4.78 is 0. The van der Waals surface area contributed by atoms with E-state index in [1.807, 2.05) is 13.8 Å². The normalized spacial score (nSPS) is 23.4. The minimum atomic E-state index is -1.71. The van der Waals surface area contributed by atoms with Crippen molar-refractivity contribution in [3.8, 4) is 5.75 Å². The molecule has 376 valence electrons. The number of nitrogens with two attached hydrogens (primary N) is 3.